The van der Waals surface area contributed by atoms with Gasteiger partial charge in [0.05, 0.1) is 12.4 Å². The summed E-state index contributed by atoms with van der Waals surface area (Å²) >= 11 is 1.55. The van der Waals surface area contributed by atoms with Crippen molar-refractivity contribution in [3.63, 3.8) is 0 Å². The zero-order valence-corrected chi connectivity index (χ0v) is 14.6. The lowest BCUT2D eigenvalue weighted by molar-refractivity contribution is -0.141. The van der Waals surface area contributed by atoms with Gasteiger partial charge < -0.3 is 9.30 Å². The number of hydrogen-bond acceptors (Lipinski definition) is 5. The van der Waals surface area contributed by atoms with Crippen molar-refractivity contribution >= 4 is 17.5 Å². The Labute approximate surface area is 141 Å². The standard InChI is InChI=1S/C17H25N3O2S/c1-22-3-2-20-11-18-19-16(20)23-10-15(21)17-7-12-4-13(8-17)6-14(5-12)9-17/h11-14H,2-10H2,1H3. The van der Waals surface area contributed by atoms with Crippen molar-refractivity contribution in [2.24, 2.45) is 23.2 Å². The second kappa shape index (κ2) is 6.20. The molecule has 1 aromatic rings. The van der Waals surface area contributed by atoms with E-state index in [2.05, 4.69) is 10.2 Å². The second-order valence-electron chi connectivity index (χ2n) is 7.71. The summed E-state index contributed by atoms with van der Waals surface area (Å²) < 4.78 is 7.08. The summed E-state index contributed by atoms with van der Waals surface area (Å²) in [5.74, 6) is 3.46. The lowest BCUT2D eigenvalue weighted by Gasteiger charge is -2.56. The molecule has 1 heterocycles. The average molecular weight is 335 g/mol. The van der Waals surface area contributed by atoms with Gasteiger partial charge >= 0.3 is 0 Å². The minimum absolute atomic E-state index is 0.000862. The average Bonchev–Trinajstić information content (AvgIpc) is 2.96. The molecule has 0 unspecified atom stereocenters. The van der Waals surface area contributed by atoms with E-state index in [1.54, 1.807) is 25.2 Å². The molecule has 126 valence electrons. The van der Waals surface area contributed by atoms with E-state index in [0.717, 1.165) is 48.7 Å². The molecule has 0 spiro atoms. The molecule has 4 bridgehead atoms. The number of thioether (sulfide) groups is 1. The Balaban J connectivity index is 1.40. The summed E-state index contributed by atoms with van der Waals surface area (Å²) in [7, 11) is 1.69. The number of ether oxygens (including phenoxy) is 1. The van der Waals surface area contributed by atoms with Gasteiger partial charge in [0.25, 0.3) is 0 Å². The molecule has 23 heavy (non-hydrogen) atoms. The van der Waals surface area contributed by atoms with Crippen LogP contribution in [0.5, 0.6) is 0 Å². The van der Waals surface area contributed by atoms with Crippen LogP contribution in [0.2, 0.25) is 0 Å². The molecule has 0 saturated heterocycles. The van der Waals surface area contributed by atoms with Gasteiger partial charge in [-0.05, 0) is 56.3 Å². The van der Waals surface area contributed by atoms with E-state index in [4.69, 9.17) is 4.74 Å². The van der Waals surface area contributed by atoms with Crippen molar-refractivity contribution in [1.29, 1.82) is 0 Å². The van der Waals surface area contributed by atoms with Crippen molar-refractivity contribution in [2.75, 3.05) is 19.5 Å². The van der Waals surface area contributed by atoms with Gasteiger partial charge in [0, 0.05) is 19.1 Å². The van der Waals surface area contributed by atoms with E-state index in [9.17, 15) is 4.79 Å². The van der Waals surface area contributed by atoms with Gasteiger partial charge in [0.15, 0.2) is 5.16 Å². The quantitative estimate of drug-likeness (QED) is 0.717. The number of hydrogen-bond donors (Lipinski definition) is 0. The lowest BCUT2D eigenvalue weighted by Crippen LogP contribution is -2.50. The molecular weight excluding hydrogens is 310 g/mol. The van der Waals surface area contributed by atoms with E-state index in [-0.39, 0.29) is 5.41 Å². The van der Waals surface area contributed by atoms with Crippen LogP contribution in [0.25, 0.3) is 0 Å². The van der Waals surface area contributed by atoms with Crippen LogP contribution in [-0.4, -0.2) is 40.0 Å². The maximum absolute atomic E-state index is 13.0. The number of rotatable bonds is 7. The van der Waals surface area contributed by atoms with Crippen LogP contribution < -0.4 is 0 Å². The van der Waals surface area contributed by atoms with Gasteiger partial charge in [0.2, 0.25) is 0 Å². The van der Waals surface area contributed by atoms with Crippen molar-refractivity contribution < 1.29 is 9.53 Å². The van der Waals surface area contributed by atoms with Gasteiger partial charge in [-0.15, -0.1) is 10.2 Å². The fourth-order valence-electron chi connectivity index (χ4n) is 5.43. The molecule has 4 fully saturated rings. The Bertz CT molecular complexity index is 551. The minimum atomic E-state index is -0.000862. The smallest absolute Gasteiger partial charge is 0.191 e. The molecule has 0 atom stereocenters. The van der Waals surface area contributed by atoms with E-state index in [1.807, 2.05) is 4.57 Å². The summed E-state index contributed by atoms with van der Waals surface area (Å²) in [4.78, 5) is 13.0. The molecule has 1 aromatic heterocycles. The molecule has 4 aliphatic rings. The third kappa shape index (κ3) is 2.95. The summed E-state index contributed by atoms with van der Waals surface area (Å²) in [6, 6.07) is 0. The van der Waals surface area contributed by atoms with Crippen molar-refractivity contribution in [2.45, 2.75) is 50.2 Å². The van der Waals surface area contributed by atoms with Gasteiger partial charge in [-0.25, -0.2) is 0 Å². The first kappa shape index (κ1) is 15.6. The molecule has 0 amide bonds. The van der Waals surface area contributed by atoms with E-state index < -0.39 is 0 Å². The van der Waals surface area contributed by atoms with Gasteiger partial charge in [0.1, 0.15) is 12.1 Å². The third-order valence-electron chi connectivity index (χ3n) is 6.08. The first-order chi connectivity index (χ1) is 11.2. The van der Waals surface area contributed by atoms with E-state index in [0.29, 0.717) is 18.1 Å². The number of Topliss-reactive ketones (excluding diaryl/α,β-unsaturated/α-hetero) is 1. The Kier molecular flexibility index (Phi) is 4.22. The second-order valence-corrected chi connectivity index (χ2v) is 8.65. The molecule has 5 nitrogen and oxygen atoms in total. The SMILES string of the molecule is COCCn1cnnc1SCC(=O)C12CC3CC(CC(C3)C1)C2. The number of ketones is 1. The summed E-state index contributed by atoms with van der Waals surface area (Å²) in [5, 5.41) is 8.96. The lowest BCUT2D eigenvalue weighted by atomic mass is 9.48. The zero-order chi connectivity index (χ0) is 15.9. The maximum atomic E-state index is 13.0. The topological polar surface area (TPSA) is 57.0 Å². The molecule has 4 aliphatic carbocycles. The summed E-state index contributed by atoms with van der Waals surface area (Å²) in [5.41, 5.74) is -0.000862. The zero-order valence-electron chi connectivity index (χ0n) is 13.7. The first-order valence-electron chi connectivity index (χ1n) is 8.71. The fourth-order valence-corrected chi connectivity index (χ4v) is 6.41. The summed E-state index contributed by atoms with van der Waals surface area (Å²) in [6.45, 7) is 1.37. The van der Waals surface area contributed by atoms with Crippen molar-refractivity contribution in [3.05, 3.63) is 6.33 Å². The van der Waals surface area contributed by atoms with Gasteiger partial charge in [-0.3, -0.25) is 4.79 Å². The molecule has 6 heteroatoms. The van der Waals surface area contributed by atoms with Crippen LogP contribution in [0.1, 0.15) is 38.5 Å². The van der Waals surface area contributed by atoms with Crippen molar-refractivity contribution in [3.8, 4) is 0 Å². The highest BCUT2D eigenvalue weighted by molar-refractivity contribution is 7.99. The van der Waals surface area contributed by atoms with Crippen LogP contribution in [0.3, 0.4) is 0 Å². The number of nitrogens with zero attached hydrogens (tertiary/aromatic N) is 3. The van der Waals surface area contributed by atoms with Gasteiger partial charge in [-0.2, -0.15) is 0 Å². The van der Waals surface area contributed by atoms with Crippen LogP contribution in [0, 0.1) is 23.2 Å². The molecule has 0 radical (unpaired) electrons. The molecule has 0 aromatic carbocycles. The molecular formula is C17H25N3O2S. The van der Waals surface area contributed by atoms with Crippen molar-refractivity contribution in [1.82, 2.24) is 14.8 Å². The number of methoxy groups -OCH3 is 1. The largest absolute Gasteiger partial charge is 0.383 e. The Morgan fingerprint density at radius 2 is 1.96 bits per heavy atom. The molecule has 5 rings (SSSR count). The monoisotopic (exact) mass is 335 g/mol. The van der Waals surface area contributed by atoms with Crippen LogP contribution >= 0.6 is 11.8 Å². The highest BCUT2D eigenvalue weighted by Gasteiger charge is 2.54. The first-order valence-corrected chi connectivity index (χ1v) is 9.70. The molecule has 0 aliphatic heterocycles. The fraction of sp³-hybridized carbons (Fsp3) is 0.824. The maximum Gasteiger partial charge on any atom is 0.191 e. The third-order valence-corrected chi connectivity index (χ3v) is 7.06. The number of aromatic nitrogens is 3. The van der Waals surface area contributed by atoms with Crippen LogP contribution in [0.4, 0.5) is 0 Å². The van der Waals surface area contributed by atoms with Crippen LogP contribution in [0.15, 0.2) is 11.5 Å². The Morgan fingerprint density at radius 1 is 1.30 bits per heavy atom. The Hall–Kier alpha value is -0.880. The van der Waals surface area contributed by atoms with E-state index in [1.165, 1.54) is 19.3 Å². The molecule has 0 N–H and O–H groups in total. The minimum Gasteiger partial charge on any atom is -0.383 e. The predicted molar refractivity (Wildman–Crippen MR) is 88.2 cm³/mol. The number of carbonyl (C=O) groups excluding carboxylic acids is 1. The number of carbonyl (C=O) groups is 1. The highest BCUT2D eigenvalue weighted by Crippen LogP contribution is 2.60. The Morgan fingerprint density at radius 3 is 2.57 bits per heavy atom. The summed E-state index contributed by atoms with van der Waals surface area (Å²) in [6.07, 6.45) is 9.30. The van der Waals surface area contributed by atoms with Gasteiger partial charge in [-0.1, -0.05) is 11.8 Å². The predicted octanol–water partition coefficient (Wildman–Crippen LogP) is 2.80. The normalized spacial score (nSPS) is 34.9. The highest BCUT2D eigenvalue weighted by atomic mass is 32.2. The van der Waals surface area contributed by atoms with E-state index >= 15 is 0 Å². The van der Waals surface area contributed by atoms with Crippen LogP contribution in [-0.2, 0) is 16.1 Å². The molecule has 4 saturated carbocycles.